The maximum Gasteiger partial charge on any atom is 0.159 e. The van der Waals surface area contributed by atoms with Crippen LogP contribution in [0.4, 0.5) is 0 Å². The molecule has 0 amide bonds. The van der Waals surface area contributed by atoms with E-state index in [4.69, 9.17) is 16.3 Å². The van der Waals surface area contributed by atoms with Gasteiger partial charge in [-0.05, 0) is 20.8 Å². The molecule has 18 heavy (non-hydrogen) atoms. The quantitative estimate of drug-likeness (QED) is 0.784. The lowest BCUT2D eigenvalue weighted by atomic mass is 10.4. The number of alkyl halides is 1. The fraction of sp³-hybridized carbons (Fsp3) is 0.667. The topological polar surface area (TPSA) is 44.9 Å². The fourth-order valence-corrected chi connectivity index (χ4v) is 2.32. The SMILES string of the molecule is CCn1nc(C)c2nc(CCl)n(CC(C)OC)c21. The molecule has 0 aliphatic carbocycles. The van der Waals surface area contributed by atoms with Crippen LogP contribution in [0.2, 0.25) is 0 Å². The molecule has 0 fully saturated rings. The van der Waals surface area contributed by atoms with Gasteiger partial charge in [0.25, 0.3) is 0 Å². The molecule has 5 nitrogen and oxygen atoms in total. The lowest BCUT2D eigenvalue weighted by molar-refractivity contribution is 0.103. The number of fused-ring (bicyclic) bond motifs is 1. The molecule has 0 bridgehead atoms. The molecule has 1 unspecified atom stereocenters. The average Bonchev–Trinajstić information content (AvgIpc) is 2.88. The number of methoxy groups -OCH3 is 1. The van der Waals surface area contributed by atoms with Gasteiger partial charge >= 0.3 is 0 Å². The third kappa shape index (κ3) is 2.12. The minimum absolute atomic E-state index is 0.116. The van der Waals surface area contributed by atoms with Gasteiger partial charge < -0.3 is 9.30 Å². The molecule has 0 radical (unpaired) electrons. The lowest BCUT2D eigenvalue weighted by Gasteiger charge is -2.13. The maximum absolute atomic E-state index is 5.98. The summed E-state index contributed by atoms with van der Waals surface area (Å²) in [7, 11) is 1.71. The molecule has 2 aromatic heterocycles. The zero-order valence-electron chi connectivity index (χ0n) is 11.3. The highest BCUT2D eigenvalue weighted by molar-refractivity contribution is 6.16. The summed E-state index contributed by atoms with van der Waals surface area (Å²) in [5.41, 5.74) is 2.92. The zero-order valence-corrected chi connectivity index (χ0v) is 12.0. The van der Waals surface area contributed by atoms with Crippen LogP contribution in [0.5, 0.6) is 0 Å². The number of hydrogen-bond acceptors (Lipinski definition) is 3. The normalized spacial score (nSPS) is 13.4. The van der Waals surface area contributed by atoms with Gasteiger partial charge in [-0.2, -0.15) is 5.10 Å². The van der Waals surface area contributed by atoms with Gasteiger partial charge in [0.05, 0.1) is 24.2 Å². The van der Waals surface area contributed by atoms with Gasteiger partial charge in [0.2, 0.25) is 0 Å². The molecule has 100 valence electrons. The first-order valence-electron chi connectivity index (χ1n) is 6.13. The van der Waals surface area contributed by atoms with Crippen LogP contribution in [-0.2, 0) is 23.7 Å². The Labute approximate surface area is 112 Å². The molecule has 0 aliphatic rings. The van der Waals surface area contributed by atoms with Crippen molar-refractivity contribution < 1.29 is 4.74 Å². The van der Waals surface area contributed by atoms with Crippen LogP contribution in [0.1, 0.15) is 25.4 Å². The van der Waals surface area contributed by atoms with Gasteiger partial charge in [0.15, 0.2) is 5.65 Å². The monoisotopic (exact) mass is 270 g/mol. The molecule has 2 rings (SSSR count). The molecular weight excluding hydrogens is 252 g/mol. The van der Waals surface area contributed by atoms with Crippen LogP contribution >= 0.6 is 11.6 Å². The van der Waals surface area contributed by atoms with Gasteiger partial charge in [-0.3, -0.25) is 0 Å². The summed E-state index contributed by atoms with van der Waals surface area (Å²) < 4.78 is 9.41. The van der Waals surface area contributed by atoms with E-state index in [2.05, 4.69) is 21.6 Å². The molecule has 0 aliphatic heterocycles. The summed E-state index contributed by atoms with van der Waals surface area (Å²) in [4.78, 5) is 4.58. The summed E-state index contributed by atoms with van der Waals surface area (Å²) in [6.45, 7) is 7.63. The van der Waals surface area contributed by atoms with Gasteiger partial charge in [0.1, 0.15) is 11.3 Å². The van der Waals surface area contributed by atoms with Crippen molar-refractivity contribution in [1.82, 2.24) is 19.3 Å². The molecule has 6 heteroatoms. The van der Waals surface area contributed by atoms with Crippen LogP contribution in [0.3, 0.4) is 0 Å². The number of halogens is 1. The number of aromatic nitrogens is 4. The van der Waals surface area contributed by atoms with E-state index in [0.717, 1.165) is 35.8 Å². The largest absolute Gasteiger partial charge is 0.380 e. The van der Waals surface area contributed by atoms with E-state index >= 15 is 0 Å². The number of imidazole rings is 1. The molecule has 0 aromatic carbocycles. The lowest BCUT2D eigenvalue weighted by Crippen LogP contribution is -2.18. The number of nitrogens with zero attached hydrogens (tertiary/aromatic N) is 4. The van der Waals surface area contributed by atoms with Gasteiger partial charge in [0, 0.05) is 13.7 Å². The molecular formula is C12H19ClN4O. The van der Waals surface area contributed by atoms with E-state index in [1.54, 1.807) is 7.11 Å². The highest BCUT2D eigenvalue weighted by Crippen LogP contribution is 2.21. The Balaban J connectivity index is 2.59. The predicted molar refractivity (Wildman–Crippen MR) is 72.0 cm³/mol. The molecule has 0 spiro atoms. The smallest absolute Gasteiger partial charge is 0.159 e. The molecule has 0 saturated heterocycles. The summed E-state index contributed by atoms with van der Waals surface area (Å²) in [5, 5.41) is 4.49. The first-order valence-corrected chi connectivity index (χ1v) is 6.67. The minimum atomic E-state index is 0.116. The van der Waals surface area contributed by atoms with Crippen molar-refractivity contribution in [3.05, 3.63) is 11.5 Å². The van der Waals surface area contributed by atoms with Crippen LogP contribution < -0.4 is 0 Å². The Hall–Kier alpha value is -1.07. The highest BCUT2D eigenvalue weighted by Gasteiger charge is 2.18. The predicted octanol–water partition coefficient (Wildman–Crippen LogP) is 2.33. The fourth-order valence-electron chi connectivity index (χ4n) is 2.12. The third-order valence-corrected chi connectivity index (χ3v) is 3.38. The average molecular weight is 271 g/mol. The Morgan fingerprint density at radius 2 is 2.17 bits per heavy atom. The van der Waals surface area contributed by atoms with E-state index in [9.17, 15) is 0 Å². The number of ether oxygens (including phenoxy) is 1. The number of hydrogen-bond donors (Lipinski definition) is 0. The molecule has 2 heterocycles. The van der Waals surface area contributed by atoms with Crippen molar-refractivity contribution in [2.75, 3.05) is 7.11 Å². The maximum atomic E-state index is 5.98. The standard InChI is InChI=1S/C12H19ClN4O/c1-5-17-12-11(9(3)15-17)14-10(6-13)16(12)7-8(2)18-4/h8H,5-7H2,1-4H3. The Bertz CT molecular complexity index is 546. The van der Waals surface area contributed by atoms with Crippen molar-refractivity contribution in [2.24, 2.45) is 0 Å². The van der Waals surface area contributed by atoms with Crippen molar-refractivity contribution in [1.29, 1.82) is 0 Å². The second kappa shape index (κ2) is 5.28. The van der Waals surface area contributed by atoms with E-state index in [0.29, 0.717) is 5.88 Å². The van der Waals surface area contributed by atoms with E-state index < -0.39 is 0 Å². The van der Waals surface area contributed by atoms with E-state index in [1.807, 2.05) is 18.5 Å². The zero-order chi connectivity index (χ0) is 13.3. The van der Waals surface area contributed by atoms with Crippen LogP contribution in [0.15, 0.2) is 0 Å². The van der Waals surface area contributed by atoms with Crippen molar-refractivity contribution >= 4 is 22.8 Å². The number of rotatable bonds is 5. The first-order chi connectivity index (χ1) is 8.62. The molecule has 0 saturated carbocycles. The van der Waals surface area contributed by atoms with Crippen molar-refractivity contribution in [2.45, 2.75) is 45.8 Å². The van der Waals surface area contributed by atoms with Gasteiger partial charge in [-0.15, -0.1) is 11.6 Å². The van der Waals surface area contributed by atoms with Crippen molar-refractivity contribution in [3.8, 4) is 0 Å². The first kappa shape index (κ1) is 13.4. The highest BCUT2D eigenvalue weighted by atomic mass is 35.5. The van der Waals surface area contributed by atoms with Crippen LogP contribution in [0, 0.1) is 6.92 Å². The Morgan fingerprint density at radius 1 is 1.44 bits per heavy atom. The van der Waals surface area contributed by atoms with Crippen molar-refractivity contribution in [3.63, 3.8) is 0 Å². The summed E-state index contributed by atoms with van der Waals surface area (Å²) in [5.74, 6) is 1.27. The Morgan fingerprint density at radius 3 is 2.72 bits per heavy atom. The summed E-state index contributed by atoms with van der Waals surface area (Å²) >= 11 is 5.98. The van der Waals surface area contributed by atoms with Gasteiger partial charge in [-0.25, -0.2) is 9.67 Å². The Kier molecular flexibility index (Phi) is 3.92. The summed E-state index contributed by atoms with van der Waals surface area (Å²) in [6.07, 6.45) is 0.116. The van der Waals surface area contributed by atoms with Gasteiger partial charge in [-0.1, -0.05) is 0 Å². The third-order valence-electron chi connectivity index (χ3n) is 3.14. The second-order valence-corrected chi connectivity index (χ2v) is 4.66. The number of aryl methyl sites for hydroxylation is 2. The molecule has 1 atom stereocenters. The summed E-state index contributed by atoms with van der Waals surface area (Å²) in [6, 6.07) is 0. The minimum Gasteiger partial charge on any atom is -0.380 e. The molecule has 0 N–H and O–H groups in total. The van der Waals surface area contributed by atoms with Crippen LogP contribution in [0.25, 0.3) is 11.2 Å². The second-order valence-electron chi connectivity index (χ2n) is 4.39. The molecule has 2 aromatic rings. The van der Waals surface area contributed by atoms with E-state index in [-0.39, 0.29) is 6.10 Å². The van der Waals surface area contributed by atoms with E-state index in [1.165, 1.54) is 0 Å². The van der Waals surface area contributed by atoms with Crippen LogP contribution in [-0.4, -0.2) is 32.5 Å².